The van der Waals surface area contributed by atoms with Crippen molar-refractivity contribution in [2.24, 2.45) is 11.3 Å². The second kappa shape index (κ2) is 7.66. The van der Waals surface area contributed by atoms with Crippen molar-refractivity contribution in [3.8, 4) is 0 Å². The number of nitrogens with one attached hydrogen (secondary N) is 2. The minimum Gasteiger partial charge on any atom is -0.352 e. The first-order chi connectivity index (χ1) is 11.5. The van der Waals surface area contributed by atoms with Gasteiger partial charge in [-0.15, -0.1) is 0 Å². The molecular weight excluding hydrogens is 298 g/mol. The Morgan fingerprint density at radius 2 is 2.00 bits per heavy atom. The van der Waals surface area contributed by atoms with E-state index in [1.807, 2.05) is 0 Å². The smallest absolute Gasteiger partial charge is 0.223 e. The van der Waals surface area contributed by atoms with Gasteiger partial charge in [0.25, 0.3) is 0 Å². The first-order valence-corrected chi connectivity index (χ1v) is 9.30. The highest BCUT2D eigenvalue weighted by Gasteiger charge is 2.33. The summed E-state index contributed by atoms with van der Waals surface area (Å²) in [5.41, 5.74) is 2.84. The lowest BCUT2D eigenvalue weighted by Crippen LogP contribution is -2.44. The van der Waals surface area contributed by atoms with Crippen LogP contribution in [0.25, 0.3) is 0 Å². The van der Waals surface area contributed by atoms with E-state index in [0.717, 1.165) is 45.6 Å². The Hall–Kier alpha value is -1.39. The van der Waals surface area contributed by atoms with E-state index in [0.29, 0.717) is 12.0 Å². The summed E-state index contributed by atoms with van der Waals surface area (Å²) in [6.07, 6.45) is 3.25. The monoisotopic (exact) mass is 329 g/mol. The number of carbonyl (C=O) groups excluding carboxylic acids is 1. The summed E-state index contributed by atoms with van der Waals surface area (Å²) in [6.45, 7) is 10.7. The molecule has 24 heavy (non-hydrogen) atoms. The van der Waals surface area contributed by atoms with Crippen LogP contribution in [0.2, 0.25) is 0 Å². The number of benzene rings is 1. The van der Waals surface area contributed by atoms with Crippen molar-refractivity contribution in [1.29, 1.82) is 0 Å². The Kier molecular flexibility index (Phi) is 5.57. The minimum absolute atomic E-state index is 0.182. The average Bonchev–Trinajstić information content (AvgIpc) is 3.01. The molecular formula is C20H31N3O. The second-order valence-corrected chi connectivity index (χ2v) is 7.99. The molecule has 1 unspecified atom stereocenters. The number of piperidine rings is 1. The molecule has 4 heteroatoms. The van der Waals surface area contributed by atoms with E-state index in [-0.39, 0.29) is 11.8 Å². The van der Waals surface area contributed by atoms with Crippen molar-refractivity contribution in [3.05, 3.63) is 35.4 Å². The maximum absolute atomic E-state index is 12.4. The zero-order valence-corrected chi connectivity index (χ0v) is 15.1. The Balaban J connectivity index is 1.40. The maximum atomic E-state index is 12.4. The molecule has 1 atom stereocenters. The topological polar surface area (TPSA) is 44.4 Å². The van der Waals surface area contributed by atoms with Crippen LogP contribution < -0.4 is 10.6 Å². The van der Waals surface area contributed by atoms with Crippen LogP contribution >= 0.6 is 0 Å². The van der Waals surface area contributed by atoms with Gasteiger partial charge in [0.2, 0.25) is 5.91 Å². The van der Waals surface area contributed by atoms with E-state index in [2.05, 4.69) is 53.6 Å². The Bertz CT molecular complexity index is 541. The number of amides is 1. The van der Waals surface area contributed by atoms with Gasteiger partial charge in [-0.2, -0.15) is 0 Å². The summed E-state index contributed by atoms with van der Waals surface area (Å²) in [5.74, 6) is 0.408. The quantitative estimate of drug-likeness (QED) is 0.871. The first kappa shape index (κ1) is 17.4. The van der Waals surface area contributed by atoms with Gasteiger partial charge in [0, 0.05) is 25.6 Å². The summed E-state index contributed by atoms with van der Waals surface area (Å²) in [4.78, 5) is 15.0. The maximum Gasteiger partial charge on any atom is 0.223 e. The van der Waals surface area contributed by atoms with Gasteiger partial charge in [0.1, 0.15) is 0 Å². The summed E-state index contributed by atoms with van der Waals surface area (Å²) in [7, 11) is 0. The SMILES string of the molecule is Cc1ccc(CNC(=O)C2CCN(CC3(C)CCNC3)CC2)cc1. The number of carbonyl (C=O) groups is 1. The molecule has 0 radical (unpaired) electrons. The molecule has 2 saturated heterocycles. The zero-order chi connectivity index (χ0) is 17.0. The van der Waals surface area contributed by atoms with Crippen LogP contribution in [-0.2, 0) is 11.3 Å². The summed E-state index contributed by atoms with van der Waals surface area (Å²) < 4.78 is 0. The third-order valence-electron chi connectivity index (χ3n) is 5.61. The molecule has 0 bridgehead atoms. The molecule has 0 saturated carbocycles. The van der Waals surface area contributed by atoms with Crippen LogP contribution in [0.4, 0.5) is 0 Å². The van der Waals surface area contributed by atoms with Crippen LogP contribution in [-0.4, -0.2) is 43.5 Å². The highest BCUT2D eigenvalue weighted by atomic mass is 16.1. The molecule has 2 aliphatic rings. The van der Waals surface area contributed by atoms with Gasteiger partial charge in [-0.1, -0.05) is 36.8 Å². The van der Waals surface area contributed by atoms with Gasteiger partial charge < -0.3 is 15.5 Å². The van der Waals surface area contributed by atoms with Gasteiger partial charge in [-0.05, 0) is 56.8 Å². The predicted molar refractivity (Wildman–Crippen MR) is 97.8 cm³/mol. The number of hydrogen-bond acceptors (Lipinski definition) is 3. The van der Waals surface area contributed by atoms with E-state index in [4.69, 9.17) is 0 Å². The molecule has 0 aliphatic carbocycles. The lowest BCUT2D eigenvalue weighted by molar-refractivity contribution is -0.126. The third kappa shape index (κ3) is 4.58. The lowest BCUT2D eigenvalue weighted by atomic mass is 9.87. The number of aryl methyl sites for hydroxylation is 1. The van der Waals surface area contributed by atoms with Crippen molar-refractivity contribution in [3.63, 3.8) is 0 Å². The molecule has 2 aliphatic heterocycles. The third-order valence-corrected chi connectivity index (χ3v) is 5.61. The van der Waals surface area contributed by atoms with Gasteiger partial charge >= 0.3 is 0 Å². The Morgan fingerprint density at radius 1 is 1.29 bits per heavy atom. The van der Waals surface area contributed by atoms with E-state index in [9.17, 15) is 4.79 Å². The van der Waals surface area contributed by atoms with Crippen molar-refractivity contribution in [2.75, 3.05) is 32.7 Å². The van der Waals surface area contributed by atoms with Crippen molar-refractivity contribution in [1.82, 2.24) is 15.5 Å². The van der Waals surface area contributed by atoms with Crippen molar-refractivity contribution < 1.29 is 4.79 Å². The van der Waals surface area contributed by atoms with Crippen LogP contribution in [0, 0.1) is 18.3 Å². The molecule has 2 fully saturated rings. The van der Waals surface area contributed by atoms with Gasteiger partial charge in [0.05, 0.1) is 0 Å². The molecule has 0 aromatic heterocycles. The number of rotatable bonds is 5. The molecule has 2 N–H and O–H groups in total. The highest BCUT2D eigenvalue weighted by Crippen LogP contribution is 2.28. The van der Waals surface area contributed by atoms with Crippen LogP contribution in [0.3, 0.4) is 0 Å². The van der Waals surface area contributed by atoms with Crippen molar-refractivity contribution >= 4 is 5.91 Å². The fourth-order valence-electron chi connectivity index (χ4n) is 3.94. The van der Waals surface area contributed by atoms with Gasteiger partial charge in [0.15, 0.2) is 0 Å². The summed E-state index contributed by atoms with van der Waals surface area (Å²) in [6, 6.07) is 8.37. The molecule has 2 heterocycles. The van der Waals surface area contributed by atoms with E-state index in [1.54, 1.807) is 0 Å². The van der Waals surface area contributed by atoms with Crippen molar-refractivity contribution in [2.45, 2.75) is 39.7 Å². The first-order valence-electron chi connectivity index (χ1n) is 9.30. The lowest BCUT2D eigenvalue weighted by Gasteiger charge is -2.36. The fraction of sp³-hybridized carbons (Fsp3) is 0.650. The van der Waals surface area contributed by atoms with Crippen LogP contribution in [0.15, 0.2) is 24.3 Å². The second-order valence-electron chi connectivity index (χ2n) is 7.99. The van der Waals surface area contributed by atoms with Crippen LogP contribution in [0.1, 0.15) is 37.3 Å². The van der Waals surface area contributed by atoms with Gasteiger partial charge in [-0.3, -0.25) is 4.79 Å². The Labute approximate surface area is 146 Å². The zero-order valence-electron chi connectivity index (χ0n) is 15.1. The molecule has 0 spiro atoms. The molecule has 3 rings (SSSR count). The molecule has 1 amide bonds. The van der Waals surface area contributed by atoms with E-state index >= 15 is 0 Å². The van der Waals surface area contributed by atoms with E-state index < -0.39 is 0 Å². The predicted octanol–water partition coefficient (Wildman–Crippen LogP) is 2.32. The fourth-order valence-corrected chi connectivity index (χ4v) is 3.94. The number of likely N-dealkylation sites (tertiary alicyclic amines) is 1. The summed E-state index contributed by atoms with van der Waals surface area (Å²) >= 11 is 0. The van der Waals surface area contributed by atoms with Gasteiger partial charge in [-0.25, -0.2) is 0 Å². The summed E-state index contributed by atoms with van der Waals surface area (Å²) in [5, 5.41) is 6.59. The number of nitrogens with zero attached hydrogens (tertiary/aromatic N) is 1. The average molecular weight is 329 g/mol. The highest BCUT2D eigenvalue weighted by molar-refractivity contribution is 5.78. The molecule has 1 aromatic rings. The van der Waals surface area contributed by atoms with Crippen LogP contribution in [0.5, 0.6) is 0 Å². The molecule has 4 nitrogen and oxygen atoms in total. The normalized spacial score (nSPS) is 25.8. The minimum atomic E-state index is 0.182. The standard InChI is InChI=1S/C20H31N3O/c1-16-3-5-17(6-4-16)13-22-19(24)18-7-11-23(12-8-18)15-20(2)9-10-21-14-20/h3-6,18,21H,7-15H2,1-2H3,(H,22,24). The Morgan fingerprint density at radius 3 is 2.62 bits per heavy atom. The van der Waals surface area contributed by atoms with E-state index in [1.165, 1.54) is 17.5 Å². The largest absolute Gasteiger partial charge is 0.352 e. The molecule has 1 aromatic carbocycles. The number of hydrogen-bond donors (Lipinski definition) is 2. The molecule has 132 valence electrons.